The normalized spacial score (nSPS) is 11.7. The number of urea groups is 1. The van der Waals surface area contributed by atoms with E-state index in [1.165, 1.54) is 16.8 Å². The van der Waals surface area contributed by atoms with Crippen molar-refractivity contribution in [2.45, 2.75) is 32.4 Å². The Balaban J connectivity index is 2.09. The van der Waals surface area contributed by atoms with Crippen molar-refractivity contribution in [1.82, 2.24) is 15.5 Å². The Labute approximate surface area is 149 Å². The van der Waals surface area contributed by atoms with Crippen LogP contribution in [0.25, 0.3) is 0 Å². The summed E-state index contributed by atoms with van der Waals surface area (Å²) in [7, 11) is 1.57. The SMILES string of the molecule is COc1ccc(C(CC(=O)OC(C)C)NC(=O)Nc2nncs2)cc1. The number of carbonyl (C=O) groups is 2. The van der Waals surface area contributed by atoms with E-state index in [4.69, 9.17) is 9.47 Å². The molecule has 0 saturated carbocycles. The highest BCUT2D eigenvalue weighted by atomic mass is 32.1. The molecule has 0 aliphatic rings. The molecule has 1 unspecified atom stereocenters. The van der Waals surface area contributed by atoms with Crippen LogP contribution in [0.1, 0.15) is 31.9 Å². The lowest BCUT2D eigenvalue weighted by Crippen LogP contribution is -2.34. The maximum absolute atomic E-state index is 12.2. The van der Waals surface area contributed by atoms with Crippen LogP contribution < -0.4 is 15.4 Å². The maximum atomic E-state index is 12.2. The van der Waals surface area contributed by atoms with Crippen LogP contribution in [0.5, 0.6) is 5.75 Å². The van der Waals surface area contributed by atoms with Crippen LogP contribution in [0, 0.1) is 0 Å². The van der Waals surface area contributed by atoms with E-state index in [1.54, 1.807) is 45.2 Å². The van der Waals surface area contributed by atoms with Crippen LogP contribution in [-0.2, 0) is 9.53 Å². The second kappa shape index (κ2) is 8.97. The lowest BCUT2D eigenvalue weighted by molar-refractivity contribution is -0.147. The fraction of sp³-hybridized carbons (Fsp3) is 0.375. The highest BCUT2D eigenvalue weighted by Crippen LogP contribution is 2.21. The first kappa shape index (κ1) is 18.7. The van der Waals surface area contributed by atoms with Gasteiger partial charge in [-0.05, 0) is 31.5 Å². The molecule has 0 spiro atoms. The van der Waals surface area contributed by atoms with Crippen molar-refractivity contribution in [1.29, 1.82) is 0 Å². The number of anilines is 1. The molecule has 2 N–H and O–H groups in total. The number of benzene rings is 1. The number of nitrogens with one attached hydrogen (secondary N) is 2. The molecular weight excluding hydrogens is 344 g/mol. The van der Waals surface area contributed by atoms with E-state index in [9.17, 15) is 9.59 Å². The lowest BCUT2D eigenvalue weighted by Gasteiger charge is -2.19. The van der Waals surface area contributed by atoms with Gasteiger partial charge in [-0.1, -0.05) is 23.5 Å². The molecule has 134 valence electrons. The van der Waals surface area contributed by atoms with Gasteiger partial charge in [-0.2, -0.15) is 0 Å². The van der Waals surface area contributed by atoms with Gasteiger partial charge in [-0.15, -0.1) is 10.2 Å². The molecule has 0 radical (unpaired) electrons. The molecule has 0 aliphatic heterocycles. The number of carbonyl (C=O) groups excluding carboxylic acids is 2. The van der Waals surface area contributed by atoms with Crippen molar-refractivity contribution in [3.05, 3.63) is 35.3 Å². The third-order valence-electron chi connectivity index (χ3n) is 3.14. The smallest absolute Gasteiger partial charge is 0.321 e. The Kier molecular flexibility index (Phi) is 6.70. The summed E-state index contributed by atoms with van der Waals surface area (Å²) in [6.45, 7) is 3.55. The number of methoxy groups -OCH3 is 1. The largest absolute Gasteiger partial charge is 0.497 e. The van der Waals surface area contributed by atoms with Crippen LogP contribution in [-0.4, -0.2) is 35.4 Å². The molecule has 9 heteroatoms. The Hall–Kier alpha value is -2.68. The van der Waals surface area contributed by atoms with Crippen LogP contribution in [0.4, 0.5) is 9.93 Å². The number of hydrogen-bond donors (Lipinski definition) is 2. The van der Waals surface area contributed by atoms with Crippen molar-refractivity contribution in [2.75, 3.05) is 12.4 Å². The van der Waals surface area contributed by atoms with E-state index in [0.29, 0.717) is 10.9 Å². The minimum atomic E-state index is -0.551. The van der Waals surface area contributed by atoms with Gasteiger partial charge in [0, 0.05) is 0 Å². The number of amides is 2. The number of hydrogen-bond acceptors (Lipinski definition) is 7. The van der Waals surface area contributed by atoms with E-state index in [1.807, 2.05) is 0 Å². The molecule has 2 amide bonds. The van der Waals surface area contributed by atoms with Crippen molar-refractivity contribution in [2.24, 2.45) is 0 Å². The van der Waals surface area contributed by atoms with E-state index < -0.39 is 18.0 Å². The molecule has 1 heterocycles. The fourth-order valence-electron chi connectivity index (χ4n) is 2.09. The summed E-state index contributed by atoms with van der Waals surface area (Å²) in [6, 6.07) is 6.08. The van der Waals surface area contributed by atoms with E-state index in [0.717, 1.165) is 5.56 Å². The minimum Gasteiger partial charge on any atom is -0.497 e. The molecule has 8 nitrogen and oxygen atoms in total. The minimum absolute atomic E-state index is 0.00798. The number of esters is 1. The van der Waals surface area contributed by atoms with Crippen molar-refractivity contribution < 1.29 is 19.1 Å². The van der Waals surface area contributed by atoms with Gasteiger partial charge in [0.15, 0.2) is 0 Å². The zero-order valence-corrected chi connectivity index (χ0v) is 15.0. The predicted octanol–water partition coefficient (Wildman–Crippen LogP) is 2.75. The molecule has 0 saturated heterocycles. The van der Waals surface area contributed by atoms with Crippen molar-refractivity contribution in [3.8, 4) is 5.75 Å². The first-order valence-electron chi connectivity index (χ1n) is 7.65. The predicted molar refractivity (Wildman–Crippen MR) is 93.6 cm³/mol. The van der Waals surface area contributed by atoms with Gasteiger partial charge in [0.2, 0.25) is 5.13 Å². The molecule has 2 rings (SSSR count). The van der Waals surface area contributed by atoms with Gasteiger partial charge in [-0.25, -0.2) is 4.79 Å². The molecule has 2 aromatic rings. The average Bonchev–Trinajstić information content (AvgIpc) is 3.06. The van der Waals surface area contributed by atoms with Gasteiger partial charge < -0.3 is 14.8 Å². The zero-order chi connectivity index (χ0) is 18.2. The van der Waals surface area contributed by atoms with E-state index in [2.05, 4.69) is 20.8 Å². The van der Waals surface area contributed by atoms with Crippen molar-refractivity contribution >= 4 is 28.5 Å². The van der Waals surface area contributed by atoms with Crippen molar-refractivity contribution in [3.63, 3.8) is 0 Å². The standard InChI is InChI=1S/C16H20N4O4S/c1-10(2)24-14(21)8-13(11-4-6-12(23-3)7-5-11)18-15(22)19-16-20-17-9-25-16/h4-7,9-10,13H,8H2,1-3H3,(H2,18,19,20,22). The first-order chi connectivity index (χ1) is 12.0. The summed E-state index contributed by atoms with van der Waals surface area (Å²) in [5, 5.41) is 13.1. The molecule has 0 aliphatic carbocycles. The number of rotatable bonds is 7. The quantitative estimate of drug-likeness (QED) is 0.733. The third kappa shape index (κ3) is 6.03. The summed E-state index contributed by atoms with van der Waals surface area (Å²) >= 11 is 1.20. The molecule has 25 heavy (non-hydrogen) atoms. The second-order valence-electron chi connectivity index (χ2n) is 5.41. The van der Waals surface area contributed by atoms with Crippen LogP contribution in [0.15, 0.2) is 29.8 Å². The summed E-state index contributed by atoms with van der Waals surface area (Å²) in [4.78, 5) is 24.2. The Morgan fingerprint density at radius 1 is 1.24 bits per heavy atom. The topological polar surface area (TPSA) is 102 Å². The molecule has 0 bridgehead atoms. The number of ether oxygens (including phenoxy) is 2. The van der Waals surface area contributed by atoms with E-state index >= 15 is 0 Å². The third-order valence-corrected chi connectivity index (χ3v) is 3.75. The summed E-state index contributed by atoms with van der Waals surface area (Å²) in [5.74, 6) is 0.289. The van der Waals surface area contributed by atoms with E-state index in [-0.39, 0.29) is 12.5 Å². The first-order valence-corrected chi connectivity index (χ1v) is 8.53. The van der Waals surface area contributed by atoms with Crippen LogP contribution in [0.2, 0.25) is 0 Å². The summed E-state index contributed by atoms with van der Waals surface area (Å²) in [6.07, 6.45) is -0.215. The van der Waals surface area contributed by atoms with Gasteiger partial charge in [-0.3, -0.25) is 10.1 Å². The van der Waals surface area contributed by atoms with Crippen LogP contribution >= 0.6 is 11.3 Å². The molecule has 0 fully saturated rings. The number of aromatic nitrogens is 2. The van der Waals surface area contributed by atoms with Gasteiger partial charge in [0.25, 0.3) is 0 Å². The molecule has 1 aromatic carbocycles. The number of nitrogens with zero attached hydrogens (tertiary/aromatic N) is 2. The molecule has 1 atom stereocenters. The average molecular weight is 364 g/mol. The highest BCUT2D eigenvalue weighted by molar-refractivity contribution is 7.13. The second-order valence-corrected chi connectivity index (χ2v) is 6.24. The maximum Gasteiger partial charge on any atom is 0.321 e. The zero-order valence-electron chi connectivity index (χ0n) is 14.2. The Bertz CT molecular complexity index is 689. The monoisotopic (exact) mass is 364 g/mol. The van der Waals surface area contributed by atoms with Gasteiger partial charge in [0.05, 0.1) is 25.7 Å². The summed E-state index contributed by atoms with van der Waals surface area (Å²) < 4.78 is 10.3. The highest BCUT2D eigenvalue weighted by Gasteiger charge is 2.20. The van der Waals surface area contributed by atoms with Gasteiger partial charge >= 0.3 is 12.0 Å². The molecular formula is C16H20N4O4S. The Morgan fingerprint density at radius 3 is 2.52 bits per heavy atom. The molecule has 1 aromatic heterocycles. The lowest BCUT2D eigenvalue weighted by atomic mass is 10.0. The summed E-state index contributed by atoms with van der Waals surface area (Å²) in [5.41, 5.74) is 2.27. The Morgan fingerprint density at radius 2 is 1.96 bits per heavy atom. The van der Waals surface area contributed by atoms with Gasteiger partial charge in [0.1, 0.15) is 11.3 Å². The van der Waals surface area contributed by atoms with Crippen LogP contribution in [0.3, 0.4) is 0 Å². The fourth-order valence-corrected chi connectivity index (χ4v) is 2.53.